The van der Waals surface area contributed by atoms with Gasteiger partial charge >= 0.3 is 0 Å². The molecule has 1 fully saturated rings. The van der Waals surface area contributed by atoms with Crippen LogP contribution in [-0.2, 0) is 17.6 Å². The van der Waals surface area contributed by atoms with Gasteiger partial charge in [-0.1, -0.05) is 36.4 Å². The number of rotatable bonds is 6. The van der Waals surface area contributed by atoms with Gasteiger partial charge in [0.1, 0.15) is 6.33 Å². The van der Waals surface area contributed by atoms with Gasteiger partial charge in [-0.3, -0.25) is 9.59 Å². The first-order valence-electron chi connectivity index (χ1n) is 16.1. The third-order valence-corrected chi connectivity index (χ3v) is 8.58. The fourth-order valence-electron chi connectivity index (χ4n) is 6.22. The van der Waals surface area contributed by atoms with Crippen LogP contribution < -0.4 is 21.9 Å². The van der Waals surface area contributed by atoms with Gasteiger partial charge in [0.15, 0.2) is 0 Å². The number of nitrogens with two attached hydrogens (primary N) is 1. The molecule has 0 unspecified atom stereocenters. The number of fused-ring (bicyclic) bond motifs is 6. The Morgan fingerprint density at radius 3 is 2.60 bits per heavy atom. The molecule has 0 saturated carbocycles. The van der Waals surface area contributed by atoms with Crippen LogP contribution in [0.2, 0.25) is 0 Å². The Labute approximate surface area is 277 Å². The predicted molar refractivity (Wildman–Crippen MR) is 189 cm³/mol. The number of hydrogen-bond donors (Lipinski definition) is 3. The number of amides is 1. The first-order chi connectivity index (χ1) is 23.5. The zero-order valence-electron chi connectivity index (χ0n) is 26.4. The number of para-hydroxylation sites is 3. The number of nitrogens with zero attached hydrogens (tertiary/aromatic N) is 6. The standard InChI is InChI=1S/C25H28N6O.C12H7N3O/c26-20-7-1-2-8-22(20)29-25-27-16-18-15-23(32)28-21-10-9-17(14-19(21)24(18)30-25)6-5-13-31-11-3-4-12-31;16-11-5-8-6-13-7-14-12(8)9-3-1-2-4-10(9)15-11/h1-2,7-10,14,16H,3-6,11-13,15,26H2,(H,28,32)(H,27,29,30);1-7H. The first kappa shape index (κ1) is 30.8. The Hall–Kier alpha value is -5.81. The van der Waals surface area contributed by atoms with Crippen LogP contribution in [0.5, 0.6) is 0 Å². The Balaban J connectivity index is 0.000000190. The molecule has 48 heavy (non-hydrogen) atoms. The van der Waals surface area contributed by atoms with Crippen LogP contribution in [-0.4, -0.2) is 55.4 Å². The summed E-state index contributed by atoms with van der Waals surface area (Å²) in [6, 6.07) is 22.7. The first-order valence-corrected chi connectivity index (χ1v) is 16.1. The predicted octanol–water partition coefficient (Wildman–Crippen LogP) is 5.53. The topological polar surface area (TPSA) is 152 Å². The minimum Gasteiger partial charge on any atom is -0.397 e. The molecule has 2 aliphatic heterocycles. The summed E-state index contributed by atoms with van der Waals surface area (Å²) in [5.41, 5.74) is 13.2. The van der Waals surface area contributed by atoms with E-state index < -0.39 is 0 Å². The molecule has 3 aromatic heterocycles. The molecular weight excluding hydrogens is 602 g/mol. The third-order valence-electron chi connectivity index (χ3n) is 8.58. The smallest absolute Gasteiger partial charge is 0.271 e. The van der Waals surface area contributed by atoms with Crippen LogP contribution in [0.4, 0.5) is 23.0 Å². The molecule has 240 valence electrons. The second-order valence-electron chi connectivity index (χ2n) is 12.0. The molecule has 0 atom stereocenters. The van der Waals surface area contributed by atoms with Crippen molar-refractivity contribution in [3.05, 3.63) is 113 Å². The van der Waals surface area contributed by atoms with E-state index in [1.165, 1.54) is 43.9 Å². The molecule has 11 nitrogen and oxygen atoms in total. The highest BCUT2D eigenvalue weighted by molar-refractivity contribution is 6.01. The van der Waals surface area contributed by atoms with Gasteiger partial charge in [0.05, 0.1) is 40.2 Å². The van der Waals surface area contributed by atoms with Gasteiger partial charge in [0.25, 0.3) is 5.56 Å². The van der Waals surface area contributed by atoms with E-state index in [4.69, 9.17) is 10.7 Å². The average molecular weight is 638 g/mol. The second-order valence-corrected chi connectivity index (χ2v) is 12.0. The van der Waals surface area contributed by atoms with Crippen molar-refractivity contribution in [2.45, 2.75) is 32.1 Å². The van der Waals surface area contributed by atoms with Gasteiger partial charge in [-0.25, -0.2) is 24.9 Å². The molecule has 2 aliphatic rings. The quantitative estimate of drug-likeness (QED) is 0.199. The number of anilines is 4. The van der Waals surface area contributed by atoms with Crippen LogP contribution >= 0.6 is 0 Å². The monoisotopic (exact) mass is 637 g/mol. The maximum Gasteiger partial charge on any atom is 0.271 e. The van der Waals surface area contributed by atoms with Crippen LogP contribution in [0.1, 0.15) is 30.4 Å². The van der Waals surface area contributed by atoms with E-state index >= 15 is 0 Å². The number of carbonyl (C=O) groups excluding carboxylic acids is 1. The Kier molecular flexibility index (Phi) is 8.92. The number of hydrogen-bond acceptors (Lipinski definition) is 10. The van der Waals surface area contributed by atoms with E-state index in [2.05, 4.69) is 47.6 Å². The van der Waals surface area contributed by atoms with E-state index in [0.717, 1.165) is 58.5 Å². The number of carbonyl (C=O) groups is 1. The highest BCUT2D eigenvalue weighted by atomic mass is 16.1. The molecule has 5 heterocycles. The Bertz CT molecular complexity index is 2120. The average Bonchev–Trinajstić information content (AvgIpc) is 3.51. The molecule has 1 saturated heterocycles. The number of benzene rings is 3. The molecule has 0 spiro atoms. The van der Waals surface area contributed by atoms with Crippen LogP contribution in [0.3, 0.4) is 0 Å². The number of nitrogens with one attached hydrogen (secondary N) is 2. The summed E-state index contributed by atoms with van der Waals surface area (Å²) in [6.45, 7) is 3.59. The zero-order chi connectivity index (χ0) is 32.9. The summed E-state index contributed by atoms with van der Waals surface area (Å²) in [4.78, 5) is 47.8. The van der Waals surface area contributed by atoms with Gasteiger partial charge in [0.2, 0.25) is 11.9 Å². The van der Waals surface area contributed by atoms with Crippen molar-refractivity contribution < 1.29 is 4.79 Å². The number of aryl methyl sites for hydroxylation is 1. The summed E-state index contributed by atoms with van der Waals surface area (Å²) in [6.07, 6.45) is 9.85. The number of likely N-dealkylation sites (tertiary alicyclic amines) is 1. The molecule has 0 radical (unpaired) electrons. The zero-order valence-corrected chi connectivity index (χ0v) is 26.4. The van der Waals surface area contributed by atoms with Gasteiger partial charge in [0, 0.05) is 40.4 Å². The highest BCUT2D eigenvalue weighted by Gasteiger charge is 2.22. The van der Waals surface area contributed by atoms with Crippen LogP contribution in [0.25, 0.3) is 33.1 Å². The third kappa shape index (κ3) is 6.96. The van der Waals surface area contributed by atoms with Crippen molar-refractivity contribution in [2.24, 2.45) is 0 Å². The molecule has 0 bridgehead atoms. The summed E-state index contributed by atoms with van der Waals surface area (Å²) >= 11 is 0. The molecule has 1 amide bonds. The lowest BCUT2D eigenvalue weighted by Gasteiger charge is -2.15. The molecule has 3 aromatic carbocycles. The summed E-state index contributed by atoms with van der Waals surface area (Å²) in [5, 5.41) is 7.80. The second kappa shape index (κ2) is 13.9. The summed E-state index contributed by atoms with van der Waals surface area (Å²) < 4.78 is 0. The largest absolute Gasteiger partial charge is 0.397 e. The lowest BCUT2D eigenvalue weighted by Crippen LogP contribution is -2.20. The number of aromatic nitrogens is 5. The Morgan fingerprint density at radius 2 is 1.73 bits per heavy atom. The summed E-state index contributed by atoms with van der Waals surface area (Å²) in [7, 11) is 0. The molecular formula is C37H35N9O2. The van der Waals surface area contributed by atoms with Gasteiger partial charge in [-0.05, 0) is 81.2 Å². The highest BCUT2D eigenvalue weighted by Crippen LogP contribution is 2.34. The SMILES string of the molecule is Nc1ccccc1Nc1ncc2c(n1)-c1cc(CCCN3CCCC3)ccc1NC(=O)C2.O=c1cc2cncnc2c2ccccc2n1. The summed E-state index contributed by atoms with van der Waals surface area (Å²) in [5.74, 6) is 0.407. The normalized spacial score (nSPS) is 14.0. The van der Waals surface area contributed by atoms with Crippen molar-refractivity contribution in [3.63, 3.8) is 0 Å². The van der Waals surface area contributed by atoms with Crippen molar-refractivity contribution >= 4 is 50.7 Å². The minimum atomic E-state index is -0.277. The Morgan fingerprint density at radius 1 is 0.896 bits per heavy atom. The molecule has 0 aliphatic carbocycles. The molecule has 4 N–H and O–H groups in total. The number of nitrogen functional groups attached to an aromatic ring is 1. The van der Waals surface area contributed by atoms with E-state index in [0.29, 0.717) is 22.5 Å². The van der Waals surface area contributed by atoms with Crippen molar-refractivity contribution in [1.82, 2.24) is 29.8 Å². The van der Waals surface area contributed by atoms with Gasteiger partial charge in [-0.2, -0.15) is 0 Å². The minimum absolute atomic E-state index is 0.0524. The van der Waals surface area contributed by atoms with Crippen molar-refractivity contribution in [3.8, 4) is 11.3 Å². The van der Waals surface area contributed by atoms with E-state index in [9.17, 15) is 9.59 Å². The van der Waals surface area contributed by atoms with Crippen molar-refractivity contribution in [2.75, 3.05) is 36.0 Å². The molecule has 6 aromatic rings. The maximum atomic E-state index is 12.4. The lowest BCUT2D eigenvalue weighted by atomic mass is 10.00. The van der Waals surface area contributed by atoms with Gasteiger partial charge < -0.3 is 21.3 Å². The fraction of sp³-hybridized carbons (Fsp3) is 0.216. The van der Waals surface area contributed by atoms with Crippen LogP contribution in [0.15, 0.2) is 96.3 Å². The van der Waals surface area contributed by atoms with Crippen molar-refractivity contribution in [1.29, 1.82) is 0 Å². The van der Waals surface area contributed by atoms with E-state index in [-0.39, 0.29) is 17.9 Å². The van der Waals surface area contributed by atoms with E-state index in [1.54, 1.807) is 18.5 Å². The van der Waals surface area contributed by atoms with E-state index in [1.807, 2.05) is 48.5 Å². The fourth-order valence-corrected chi connectivity index (χ4v) is 6.22. The van der Waals surface area contributed by atoms with Gasteiger partial charge in [-0.15, -0.1) is 0 Å². The van der Waals surface area contributed by atoms with Crippen LogP contribution in [0, 0.1) is 0 Å². The molecule has 8 rings (SSSR count). The maximum absolute atomic E-state index is 12.4. The lowest BCUT2D eigenvalue weighted by molar-refractivity contribution is -0.115. The molecule has 11 heteroatoms.